The number of aryl methyl sites for hydroxylation is 1. The van der Waals surface area contributed by atoms with Crippen LogP contribution in [0.5, 0.6) is 5.75 Å². The van der Waals surface area contributed by atoms with Gasteiger partial charge in [0, 0.05) is 18.6 Å². The molecule has 0 aliphatic rings. The van der Waals surface area contributed by atoms with Gasteiger partial charge in [-0.2, -0.15) is 5.10 Å². The normalized spacial score (nSPS) is 12.6. The number of pyridine rings is 1. The zero-order valence-electron chi connectivity index (χ0n) is 11.3. The Kier molecular flexibility index (Phi) is 3.12. The summed E-state index contributed by atoms with van der Waals surface area (Å²) in [7, 11) is 3.33. The molecule has 102 valence electrons. The summed E-state index contributed by atoms with van der Waals surface area (Å²) in [5.41, 5.74) is 1.20. The molecule has 1 atom stereocenters. The van der Waals surface area contributed by atoms with Crippen LogP contribution in [0.2, 0.25) is 0 Å². The SMILES string of the molecule is COc1cnn(C)c1C(O)c1nccc2ccccc12. The van der Waals surface area contributed by atoms with Gasteiger partial charge in [-0.1, -0.05) is 24.3 Å². The monoisotopic (exact) mass is 269 g/mol. The standard InChI is InChI=1S/C15H15N3O2/c1-18-14(12(20-2)9-17-18)15(19)13-11-6-4-3-5-10(11)7-8-16-13/h3-9,15,19H,1-2H3. The van der Waals surface area contributed by atoms with Gasteiger partial charge in [0.15, 0.2) is 5.75 Å². The Bertz CT molecular complexity index is 746. The third kappa shape index (κ3) is 1.92. The maximum absolute atomic E-state index is 10.7. The van der Waals surface area contributed by atoms with E-state index in [2.05, 4.69) is 10.1 Å². The lowest BCUT2D eigenvalue weighted by molar-refractivity contribution is 0.201. The Hall–Kier alpha value is -2.40. The van der Waals surface area contributed by atoms with Crippen LogP contribution in [0.25, 0.3) is 10.8 Å². The number of benzene rings is 1. The van der Waals surface area contributed by atoms with E-state index < -0.39 is 6.10 Å². The number of aliphatic hydroxyl groups excluding tert-OH is 1. The predicted octanol–water partition coefficient (Wildman–Crippen LogP) is 2.06. The maximum atomic E-state index is 10.7. The summed E-state index contributed by atoms with van der Waals surface area (Å²) in [5.74, 6) is 0.551. The summed E-state index contributed by atoms with van der Waals surface area (Å²) in [6.07, 6.45) is 2.40. The van der Waals surface area contributed by atoms with Crippen LogP contribution < -0.4 is 4.74 Å². The highest BCUT2D eigenvalue weighted by molar-refractivity contribution is 5.84. The lowest BCUT2D eigenvalue weighted by Crippen LogP contribution is -2.10. The van der Waals surface area contributed by atoms with Gasteiger partial charge in [0.25, 0.3) is 0 Å². The number of hydrogen-bond acceptors (Lipinski definition) is 4. The molecule has 20 heavy (non-hydrogen) atoms. The zero-order chi connectivity index (χ0) is 14.1. The molecule has 5 heteroatoms. The van der Waals surface area contributed by atoms with Gasteiger partial charge in [0.1, 0.15) is 11.8 Å². The summed E-state index contributed by atoms with van der Waals surface area (Å²) in [6, 6.07) is 9.76. The van der Waals surface area contributed by atoms with Crippen LogP contribution in [-0.4, -0.2) is 27.0 Å². The van der Waals surface area contributed by atoms with Crippen LogP contribution in [0.1, 0.15) is 17.5 Å². The van der Waals surface area contributed by atoms with Gasteiger partial charge in [0.05, 0.1) is 19.0 Å². The Morgan fingerprint density at radius 2 is 2.05 bits per heavy atom. The highest BCUT2D eigenvalue weighted by atomic mass is 16.5. The van der Waals surface area contributed by atoms with Crippen molar-refractivity contribution in [1.82, 2.24) is 14.8 Å². The van der Waals surface area contributed by atoms with Crippen LogP contribution in [0, 0.1) is 0 Å². The van der Waals surface area contributed by atoms with E-state index in [4.69, 9.17) is 4.74 Å². The van der Waals surface area contributed by atoms with E-state index in [1.165, 1.54) is 0 Å². The van der Waals surface area contributed by atoms with Crippen LogP contribution in [0.3, 0.4) is 0 Å². The van der Waals surface area contributed by atoms with E-state index in [9.17, 15) is 5.11 Å². The van der Waals surface area contributed by atoms with Gasteiger partial charge >= 0.3 is 0 Å². The van der Waals surface area contributed by atoms with Crippen molar-refractivity contribution in [2.75, 3.05) is 7.11 Å². The van der Waals surface area contributed by atoms with Crippen molar-refractivity contribution >= 4 is 10.8 Å². The highest BCUT2D eigenvalue weighted by Crippen LogP contribution is 2.31. The van der Waals surface area contributed by atoms with Crippen LogP contribution in [-0.2, 0) is 7.05 Å². The topological polar surface area (TPSA) is 60.2 Å². The van der Waals surface area contributed by atoms with Crippen LogP contribution in [0.4, 0.5) is 0 Å². The Balaban J connectivity index is 2.17. The van der Waals surface area contributed by atoms with E-state index in [0.717, 1.165) is 10.8 Å². The molecule has 5 nitrogen and oxygen atoms in total. The van der Waals surface area contributed by atoms with E-state index in [1.54, 1.807) is 31.2 Å². The molecule has 0 saturated carbocycles. The number of hydrogen-bond donors (Lipinski definition) is 1. The van der Waals surface area contributed by atoms with E-state index in [1.807, 2.05) is 30.3 Å². The average Bonchev–Trinajstić information content (AvgIpc) is 2.87. The van der Waals surface area contributed by atoms with Gasteiger partial charge in [-0.15, -0.1) is 0 Å². The van der Waals surface area contributed by atoms with E-state index in [0.29, 0.717) is 17.1 Å². The molecular weight excluding hydrogens is 254 g/mol. The van der Waals surface area contributed by atoms with Crippen LogP contribution in [0.15, 0.2) is 42.7 Å². The summed E-state index contributed by atoms with van der Waals surface area (Å²) < 4.78 is 6.85. The summed E-state index contributed by atoms with van der Waals surface area (Å²) in [5, 5.41) is 16.7. The fourth-order valence-corrected chi connectivity index (χ4v) is 2.39. The molecule has 2 aromatic heterocycles. The molecule has 0 bridgehead atoms. The second-order valence-corrected chi connectivity index (χ2v) is 4.54. The molecule has 1 aromatic carbocycles. The number of fused-ring (bicyclic) bond motifs is 1. The maximum Gasteiger partial charge on any atom is 0.163 e. The summed E-state index contributed by atoms with van der Waals surface area (Å²) in [4.78, 5) is 4.33. The van der Waals surface area contributed by atoms with Crippen molar-refractivity contribution in [2.45, 2.75) is 6.10 Å². The first kappa shape index (κ1) is 12.6. The first-order valence-electron chi connectivity index (χ1n) is 6.30. The molecule has 2 heterocycles. The summed E-state index contributed by atoms with van der Waals surface area (Å²) >= 11 is 0. The molecule has 0 radical (unpaired) electrons. The molecule has 3 rings (SSSR count). The third-order valence-corrected chi connectivity index (χ3v) is 3.39. The first-order valence-corrected chi connectivity index (χ1v) is 6.30. The van der Waals surface area contributed by atoms with E-state index >= 15 is 0 Å². The number of rotatable bonds is 3. The average molecular weight is 269 g/mol. The van der Waals surface area contributed by atoms with Gasteiger partial charge < -0.3 is 9.84 Å². The molecule has 0 aliphatic heterocycles. The second kappa shape index (κ2) is 4.94. The van der Waals surface area contributed by atoms with Crippen molar-refractivity contribution in [3.8, 4) is 5.75 Å². The molecule has 0 aliphatic carbocycles. The lowest BCUT2D eigenvalue weighted by atomic mass is 10.0. The number of nitrogens with zero attached hydrogens (tertiary/aromatic N) is 3. The molecule has 0 fully saturated rings. The van der Waals surface area contributed by atoms with Gasteiger partial charge in [-0.05, 0) is 11.5 Å². The Morgan fingerprint density at radius 1 is 1.25 bits per heavy atom. The van der Waals surface area contributed by atoms with Crippen molar-refractivity contribution in [2.24, 2.45) is 7.05 Å². The Morgan fingerprint density at radius 3 is 2.85 bits per heavy atom. The van der Waals surface area contributed by atoms with Crippen molar-refractivity contribution < 1.29 is 9.84 Å². The number of aromatic nitrogens is 3. The minimum Gasteiger partial charge on any atom is -0.493 e. The zero-order valence-corrected chi connectivity index (χ0v) is 11.3. The quantitative estimate of drug-likeness (QED) is 0.790. The largest absolute Gasteiger partial charge is 0.493 e. The fraction of sp³-hybridized carbons (Fsp3) is 0.200. The minimum atomic E-state index is -0.886. The summed E-state index contributed by atoms with van der Waals surface area (Å²) in [6.45, 7) is 0. The van der Waals surface area contributed by atoms with E-state index in [-0.39, 0.29) is 0 Å². The molecule has 1 N–H and O–H groups in total. The van der Waals surface area contributed by atoms with Gasteiger partial charge in [0.2, 0.25) is 0 Å². The number of ether oxygens (including phenoxy) is 1. The molecule has 3 aromatic rings. The molecule has 0 amide bonds. The molecule has 0 spiro atoms. The van der Waals surface area contributed by atoms with Gasteiger partial charge in [-0.25, -0.2) is 0 Å². The second-order valence-electron chi connectivity index (χ2n) is 4.54. The molecular formula is C15H15N3O2. The van der Waals surface area contributed by atoms with Crippen molar-refractivity contribution in [3.05, 3.63) is 54.1 Å². The lowest BCUT2D eigenvalue weighted by Gasteiger charge is -2.14. The first-order chi connectivity index (χ1) is 9.72. The molecule has 1 unspecified atom stereocenters. The highest BCUT2D eigenvalue weighted by Gasteiger charge is 2.22. The van der Waals surface area contributed by atoms with Gasteiger partial charge in [-0.3, -0.25) is 9.67 Å². The Labute approximate surface area is 116 Å². The molecule has 0 saturated heterocycles. The van der Waals surface area contributed by atoms with Crippen molar-refractivity contribution in [3.63, 3.8) is 0 Å². The minimum absolute atomic E-state index is 0.551. The van der Waals surface area contributed by atoms with Crippen molar-refractivity contribution in [1.29, 1.82) is 0 Å². The number of aliphatic hydroxyl groups is 1. The van der Waals surface area contributed by atoms with Crippen LogP contribution >= 0.6 is 0 Å². The number of methoxy groups -OCH3 is 1. The third-order valence-electron chi connectivity index (χ3n) is 3.39. The smallest absolute Gasteiger partial charge is 0.163 e. The predicted molar refractivity (Wildman–Crippen MR) is 75.6 cm³/mol. The fourth-order valence-electron chi connectivity index (χ4n) is 2.39.